The summed E-state index contributed by atoms with van der Waals surface area (Å²) in [5, 5.41) is 0. The molecule has 0 radical (unpaired) electrons. The Morgan fingerprint density at radius 1 is 0.913 bits per heavy atom. The van der Waals surface area contributed by atoms with Gasteiger partial charge in [-0.2, -0.15) is 0 Å². The minimum absolute atomic E-state index is 0.167. The molecule has 1 aromatic heterocycles. The normalized spacial score (nSPS) is 12.5. The molecule has 0 aliphatic carbocycles. The van der Waals surface area contributed by atoms with Gasteiger partial charge in [0, 0.05) is 17.7 Å². The van der Waals surface area contributed by atoms with Crippen molar-refractivity contribution in [3.8, 4) is 11.3 Å². The Hall–Kier alpha value is -1.63. The molecule has 1 aromatic carbocycles. The van der Waals surface area contributed by atoms with E-state index in [1.165, 1.54) is 27.9 Å². The summed E-state index contributed by atoms with van der Waals surface area (Å²) >= 11 is 0. The van der Waals surface area contributed by atoms with Gasteiger partial charge in [-0.1, -0.05) is 53.7 Å². The summed E-state index contributed by atoms with van der Waals surface area (Å²) in [6.07, 6.45) is 3.29. The number of pyridine rings is 1. The number of benzene rings is 1. The molecule has 23 heavy (non-hydrogen) atoms. The van der Waals surface area contributed by atoms with Gasteiger partial charge in [-0.25, -0.2) is 4.57 Å². The highest BCUT2D eigenvalue weighted by molar-refractivity contribution is 5.63. The average Bonchev–Trinajstić information content (AvgIpc) is 2.39. The molecule has 0 bridgehead atoms. The number of hydrogen-bond acceptors (Lipinski definition) is 0. The maximum atomic E-state index is 2.38. The third kappa shape index (κ3) is 4.43. The molecule has 0 saturated heterocycles. The van der Waals surface area contributed by atoms with Crippen LogP contribution in [0, 0.1) is 12.3 Å². The van der Waals surface area contributed by atoms with Crippen molar-refractivity contribution in [1.29, 1.82) is 0 Å². The van der Waals surface area contributed by atoms with Gasteiger partial charge in [-0.3, -0.25) is 0 Å². The van der Waals surface area contributed by atoms with Gasteiger partial charge >= 0.3 is 0 Å². The monoisotopic (exact) mass is 310 g/mol. The lowest BCUT2D eigenvalue weighted by atomic mass is 9.85. The van der Waals surface area contributed by atoms with Gasteiger partial charge in [0.05, 0.1) is 0 Å². The van der Waals surface area contributed by atoms with Gasteiger partial charge in [0.25, 0.3) is 0 Å². The van der Waals surface area contributed by atoms with E-state index in [2.05, 4.69) is 96.6 Å². The molecule has 1 heteroatoms. The Labute approximate surface area is 142 Å². The van der Waals surface area contributed by atoms with Crippen LogP contribution < -0.4 is 4.57 Å². The van der Waals surface area contributed by atoms with Crippen molar-refractivity contribution in [2.24, 2.45) is 12.5 Å². The Morgan fingerprint density at radius 3 is 2.13 bits per heavy atom. The first kappa shape index (κ1) is 17.7. The van der Waals surface area contributed by atoms with Crippen LogP contribution in [-0.2, 0) is 18.9 Å². The predicted molar refractivity (Wildman–Crippen MR) is 99.7 cm³/mol. The topological polar surface area (TPSA) is 3.88 Å². The highest BCUT2D eigenvalue weighted by Crippen LogP contribution is 2.29. The molecule has 0 fully saturated rings. The zero-order valence-corrected chi connectivity index (χ0v) is 16.1. The van der Waals surface area contributed by atoms with Crippen LogP contribution in [0.15, 0.2) is 36.5 Å². The lowest BCUT2D eigenvalue weighted by Crippen LogP contribution is -2.32. The lowest BCUT2D eigenvalue weighted by molar-refractivity contribution is -0.660. The number of rotatable bonds is 2. The summed E-state index contributed by atoms with van der Waals surface area (Å²) in [7, 11) is 2.14. The summed E-state index contributed by atoms with van der Waals surface area (Å²) in [6, 6.07) is 11.5. The van der Waals surface area contributed by atoms with Crippen LogP contribution in [-0.4, -0.2) is 0 Å². The molecule has 0 saturated carbocycles. The van der Waals surface area contributed by atoms with E-state index in [1.807, 2.05) is 0 Å². The van der Waals surface area contributed by atoms with E-state index in [0.717, 1.165) is 6.42 Å². The van der Waals surface area contributed by atoms with E-state index in [1.54, 1.807) is 0 Å². The first-order chi connectivity index (χ1) is 10.5. The van der Waals surface area contributed by atoms with Crippen LogP contribution in [0.3, 0.4) is 0 Å². The van der Waals surface area contributed by atoms with E-state index in [4.69, 9.17) is 0 Å². The van der Waals surface area contributed by atoms with E-state index in [9.17, 15) is 0 Å². The zero-order valence-electron chi connectivity index (χ0n) is 16.1. The Morgan fingerprint density at radius 2 is 1.57 bits per heavy atom. The summed E-state index contributed by atoms with van der Waals surface area (Å²) in [6.45, 7) is 15.9. The van der Waals surface area contributed by atoms with Gasteiger partial charge in [0.2, 0.25) is 5.69 Å². The summed E-state index contributed by atoms with van der Waals surface area (Å²) in [4.78, 5) is 0. The van der Waals surface area contributed by atoms with Crippen LogP contribution >= 0.6 is 0 Å². The van der Waals surface area contributed by atoms with E-state index in [-0.39, 0.29) is 5.41 Å². The first-order valence-electron chi connectivity index (χ1n) is 8.57. The SMILES string of the molecule is Cc1ccc(CC(C)(C)C)cc1-c1cc(C(C)(C)C)cc[n+]1C. The second-order valence-electron chi connectivity index (χ2n) is 9.05. The number of nitrogens with zero attached hydrogens (tertiary/aromatic N) is 1. The molecule has 1 nitrogen and oxygen atoms in total. The van der Waals surface area contributed by atoms with Crippen LogP contribution in [0.1, 0.15) is 58.2 Å². The third-order valence-electron chi connectivity index (χ3n) is 4.33. The van der Waals surface area contributed by atoms with Crippen LogP contribution in [0.2, 0.25) is 0 Å². The van der Waals surface area contributed by atoms with Gasteiger partial charge in [-0.15, -0.1) is 0 Å². The van der Waals surface area contributed by atoms with Crippen molar-refractivity contribution in [2.75, 3.05) is 0 Å². The fraction of sp³-hybridized carbons (Fsp3) is 0.500. The molecule has 2 aromatic rings. The predicted octanol–water partition coefficient (Wildman–Crippen LogP) is 5.37. The summed E-state index contributed by atoms with van der Waals surface area (Å²) in [5.41, 5.74) is 7.25. The zero-order chi connectivity index (χ0) is 17.4. The van der Waals surface area contributed by atoms with Crippen molar-refractivity contribution in [3.63, 3.8) is 0 Å². The van der Waals surface area contributed by atoms with E-state index < -0.39 is 0 Å². The van der Waals surface area contributed by atoms with E-state index >= 15 is 0 Å². The maximum absolute atomic E-state index is 2.38. The maximum Gasteiger partial charge on any atom is 0.212 e. The van der Waals surface area contributed by atoms with Crippen molar-refractivity contribution >= 4 is 0 Å². The lowest BCUT2D eigenvalue weighted by Gasteiger charge is -2.20. The van der Waals surface area contributed by atoms with Crippen LogP contribution in [0.25, 0.3) is 11.3 Å². The van der Waals surface area contributed by atoms with Crippen molar-refractivity contribution in [2.45, 2.75) is 60.3 Å². The fourth-order valence-corrected chi connectivity index (χ4v) is 2.97. The second-order valence-corrected chi connectivity index (χ2v) is 9.05. The molecule has 0 atom stereocenters. The standard InChI is InChI=1S/C22H32N/c1-16-9-10-17(15-21(2,3)4)13-19(16)20-14-18(22(5,6)7)11-12-23(20)8/h9-14H,15H2,1-8H3/q+1. The molecule has 124 valence electrons. The molecule has 0 spiro atoms. The van der Waals surface area contributed by atoms with Crippen LogP contribution in [0.5, 0.6) is 0 Å². The quantitative estimate of drug-likeness (QED) is 0.656. The smallest absolute Gasteiger partial charge is 0.201 e. The molecule has 2 rings (SSSR count). The minimum Gasteiger partial charge on any atom is -0.201 e. The van der Waals surface area contributed by atoms with Gasteiger partial charge in [0.1, 0.15) is 7.05 Å². The average molecular weight is 311 g/mol. The fourth-order valence-electron chi connectivity index (χ4n) is 2.97. The Kier molecular flexibility index (Phi) is 4.71. The number of aromatic nitrogens is 1. The first-order valence-corrected chi connectivity index (χ1v) is 8.57. The molecule has 0 amide bonds. The van der Waals surface area contributed by atoms with Crippen molar-refractivity contribution < 1.29 is 4.57 Å². The molecule has 0 unspecified atom stereocenters. The highest BCUT2D eigenvalue weighted by atomic mass is 14.9. The largest absolute Gasteiger partial charge is 0.212 e. The Bertz CT molecular complexity index is 697. The molecular formula is C22H32N+. The van der Waals surface area contributed by atoms with Crippen LogP contribution in [0.4, 0.5) is 0 Å². The molecule has 0 aliphatic heterocycles. The van der Waals surface area contributed by atoms with Gasteiger partial charge in [-0.05, 0) is 46.9 Å². The summed E-state index contributed by atoms with van der Waals surface area (Å²) < 4.78 is 2.23. The number of hydrogen-bond donors (Lipinski definition) is 0. The van der Waals surface area contributed by atoms with E-state index in [0.29, 0.717) is 5.41 Å². The number of aryl methyl sites for hydroxylation is 2. The molecule has 0 N–H and O–H groups in total. The molecule has 1 heterocycles. The summed E-state index contributed by atoms with van der Waals surface area (Å²) in [5.74, 6) is 0. The van der Waals surface area contributed by atoms with Crippen molar-refractivity contribution in [1.82, 2.24) is 0 Å². The minimum atomic E-state index is 0.167. The van der Waals surface area contributed by atoms with Gasteiger partial charge in [0.15, 0.2) is 6.20 Å². The third-order valence-corrected chi connectivity index (χ3v) is 4.33. The van der Waals surface area contributed by atoms with Gasteiger partial charge < -0.3 is 0 Å². The highest BCUT2D eigenvalue weighted by Gasteiger charge is 2.21. The Balaban J connectivity index is 2.55. The molecular weight excluding hydrogens is 278 g/mol. The van der Waals surface area contributed by atoms with Crippen molar-refractivity contribution in [3.05, 3.63) is 53.2 Å². The molecule has 0 aliphatic rings. The second kappa shape index (κ2) is 6.11.